The maximum atomic E-state index is 11.8. The van der Waals surface area contributed by atoms with Gasteiger partial charge in [0.25, 0.3) is 5.91 Å². The van der Waals surface area contributed by atoms with Crippen molar-refractivity contribution in [3.8, 4) is 5.75 Å². The van der Waals surface area contributed by atoms with Crippen LogP contribution in [-0.4, -0.2) is 41.8 Å². The molecule has 1 atom stereocenters. The molecule has 0 spiro atoms. The Morgan fingerprint density at radius 1 is 1.44 bits per heavy atom. The van der Waals surface area contributed by atoms with E-state index in [0.717, 1.165) is 0 Å². The second-order valence-electron chi connectivity index (χ2n) is 3.61. The van der Waals surface area contributed by atoms with Gasteiger partial charge in [-0.3, -0.25) is 4.79 Å². The number of aliphatic hydroxyl groups excluding tert-OH is 1. The maximum Gasteiger partial charge on any atom is 0.326 e. The largest absolute Gasteiger partial charge is 0.497 e. The number of rotatable bonds is 6. The molecule has 98 valence electrons. The maximum absolute atomic E-state index is 11.8. The van der Waals surface area contributed by atoms with Crippen LogP contribution in [0.5, 0.6) is 5.75 Å². The number of methoxy groups -OCH3 is 1. The topological polar surface area (TPSA) is 95.9 Å². The molecule has 1 unspecified atom stereocenters. The average Bonchev–Trinajstić information content (AvgIpc) is 2.38. The van der Waals surface area contributed by atoms with Crippen LogP contribution in [0.4, 0.5) is 0 Å². The highest BCUT2D eigenvalue weighted by Gasteiger charge is 2.20. The minimum Gasteiger partial charge on any atom is -0.497 e. The Morgan fingerprint density at radius 2 is 2.17 bits per heavy atom. The highest BCUT2D eigenvalue weighted by atomic mass is 16.5. The van der Waals surface area contributed by atoms with Crippen molar-refractivity contribution in [2.75, 3.05) is 13.7 Å². The standard InChI is InChI=1S/C12H15NO5/c1-18-9-4-2-3-8(7-9)11(15)13-10(5-6-14)12(16)17/h2-4,7,10,14H,5-6H2,1H3,(H,13,15)(H,16,17). The number of hydrogen-bond donors (Lipinski definition) is 3. The Labute approximate surface area is 104 Å². The Balaban J connectivity index is 2.76. The number of carbonyl (C=O) groups excluding carboxylic acids is 1. The van der Waals surface area contributed by atoms with E-state index in [1.54, 1.807) is 18.2 Å². The molecule has 18 heavy (non-hydrogen) atoms. The lowest BCUT2D eigenvalue weighted by atomic mass is 10.1. The number of carbonyl (C=O) groups is 2. The van der Waals surface area contributed by atoms with Crippen molar-refractivity contribution in [3.63, 3.8) is 0 Å². The number of carboxylic acids is 1. The van der Waals surface area contributed by atoms with Gasteiger partial charge >= 0.3 is 5.97 Å². The molecule has 1 amide bonds. The molecule has 0 aliphatic heterocycles. The molecule has 0 fully saturated rings. The molecule has 6 heteroatoms. The van der Waals surface area contributed by atoms with E-state index < -0.39 is 17.9 Å². The number of ether oxygens (including phenoxy) is 1. The van der Waals surface area contributed by atoms with Crippen LogP contribution < -0.4 is 10.1 Å². The van der Waals surface area contributed by atoms with Gasteiger partial charge in [0, 0.05) is 18.6 Å². The van der Waals surface area contributed by atoms with Gasteiger partial charge < -0.3 is 20.3 Å². The first kappa shape index (κ1) is 14.0. The van der Waals surface area contributed by atoms with Gasteiger partial charge in [-0.1, -0.05) is 6.07 Å². The molecule has 0 saturated carbocycles. The third-order valence-electron chi connectivity index (χ3n) is 2.35. The lowest BCUT2D eigenvalue weighted by Crippen LogP contribution is -2.41. The zero-order valence-corrected chi connectivity index (χ0v) is 9.92. The van der Waals surface area contributed by atoms with Crippen molar-refractivity contribution in [2.24, 2.45) is 0 Å². The molecule has 3 N–H and O–H groups in total. The molecule has 0 bridgehead atoms. The molecule has 1 rings (SSSR count). The Bertz CT molecular complexity index is 432. The van der Waals surface area contributed by atoms with Gasteiger partial charge in [-0.25, -0.2) is 4.79 Å². The Hall–Kier alpha value is -2.08. The predicted octanol–water partition coefficient (Wildman–Crippen LogP) is 0.261. The smallest absolute Gasteiger partial charge is 0.326 e. The highest BCUT2D eigenvalue weighted by Crippen LogP contribution is 2.12. The molecule has 0 radical (unpaired) electrons. The third kappa shape index (κ3) is 3.74. The van der Waals surface area contributed by atoms with Gasteiger partial charge in [-0.05, 0) is 18.2 Å². The van der Waals surface area contributed by atoms with E-state index in [9.17, 15) is 9.59 Å². The van der Waals surface area contributed by atoms with E-state index in [2.05, 4.69) is 5.32 Å². The molecule has 0 aliphatic rings. The Kier molecular flexibility index (Phi) is 5.13. The van der Waals surface area contributed by atoms with E-state index >= 15 is 0 Å². The number of hydrogen-bond acceptors (Lipinski definition) is 4. The van der Waals surface area contributed by atoms with Crippen molar-refractivity contribution in [2.45, 2.75) is 12.5 Å². The molecular formula is C12H15NO5. The van der Waals surface area contributed by atoms with Gasteiger partial charge in [-0.15, -0.1) is 0 Å². The van der Waals surface area contributed by atoms with Gasteiger partial charge in [0.2, 0.25) is 0 Å². The lowest BCUT2D eigenvalue weighted by molar-refractivity contribution is -0.139. The number of aliphatic carboxylic acids is 1. The summed E-state index contributed by atoms with van der Waals surface area (Å²) >= 11 is 0. The van der Waals surface area contributed by atoms with E-state index in [1.807, 2.05) is 0 Å². The van der Waals surface area contributed by atoms with Crippen molar-refractivity contribution < 1.29 is 24.5 Å². The minimum atomic E-state index is -1.18. The summed E-state index contributed by atoms with van der Waals surface area (Å²) in [6, 6.07) is 5.27. The van der Waals surface area contributed by atoms with Crippen molar-refractivity contribution in [1.82, 2.24) is 5.32 Å². The monoisotopic (exact) mass is 253 g/mol. The fraction of sp³-hybridized carbons (Fsp3) is 0.333. The van der Waals surface area contributed by atoms with Crippen molar-refractivity contribution in [1.29, 1.82) is 0 Å². The third-order valence-corrected chi connectivity index (χ3v) is 2.35. The first-order valence-corrected chi connectivity index (χ1v) is 5.37. The highest BCUT2D eigenvalue weighted by molar-refractivity contribution is 5.96. The van der Waals surface area contributed by atoms with Crippen LogP contribution in [-0.2, 0) is 4.79 Å². The average molecular weight is 253 g/mol. The Morgan fingerprint density at radius 3 is 2.72 bits per heavy atom. The summed E-state index contributed by atoms with van der Waals surface area (Å²) in [6.45, 7) is -0.310. The van der Waals surface area contributed by atoms with E-state index in [-0.39, 0.29) is 13.0 Å². The van der Waals surface area contributed by atoms with Gasteiger partial charge in [0.05, 0.1) is 7.11 Å². The van der Waals surface area contributed by atoms with Crippen LogP contribution in [0.25, 0.3) is 0 Å². The van der Waals surface area contributed by atoms with Crippen LogP contribution in [0.3, 0.4) is 0 Å². The summed E-state index contributed by atoms with van der Waals surface area (Å²) in [7, 11) is 1.48. The summed E-state index contributed by atoms with van der Waals surface area (Å²) in [5.41, 5.74) is 0.304. The summed E-state index contributed by atoms with van der Waals surface area (Å²) in [4.78, 5) is 22.6. The second kappa shape index (κ2) is 6.61. The molecular weight excluding hydrogens is 238 g/mol. The van der Waals surface area contributed by atoms with Crippen LogP contribution in [0, 0.1) is 0 Å². The molecule has 1 aromatic rings. The van der Waals surface area contributed by atoms with Crippen LogP contribution in [0.2, 0.25) is 0 Å². The first-order valence-electron chi connectivity index (χ1n) is 5.37. The molecule has 1 aromatic carbocycles. The zero-order chi connectivity index (χ0) is 13.5. The molecule has 0 saturated heterocycles. The minimum absolute atomic E-state index is 0.0367. The number of nitrogens with one attached hydrogen (secondary N) is 1. The lowest BCUT2D eigenvalue weighted by Gasteiger charge is -2.13. The van der Waals surface area contributed by atoms with Gasteiger partial charge in [0.15, 0.2) is 0 Å². The van der Waals surface area contributed by atoms with E-state index in [0.29, 0.717) is 11.3 Å². The second-order valence-corrected chi connectivity index (χ2v) is 3.61. The van der Waals surface area contributed by atoms with Gasteiger partial charge in [0.1, 0.15) is 11.8 Å². The number of benzene rings is 1. The molecule has 0 aliphatic carbocycles. The van der Waals surface area contributed by atoms with Crippen LogP contribution >= 0.6 is 0 Å². The normalized spacial score (nSPS) is 11.7. The van der Waals surface area contributed by atoms with Crippen LogP contribution in [0.15, 0.2) is 24.3 Å². The quantitative estimate of drug-likeness (QED) is 0.676. The molecule has 0 aromatic heterocycles. The zero-order valence-electron chi connectivity index (χ0n) is 9.92. The van der Waals surface area contributed by atoms with Gasteiger partial charge in [-0.2, -0.15) is 0 Å². The van der Waals surface area contributed by atoms with Crippen LogP contribution in [0.1, 0.15) is 16.8 Å². The molecule has 6 nitrogen and oxygen atoms in total. The van der Waals surface area contributed by atoms with E-state index in [4.69, 9.17) is 14.9 Å². The first-order chi connectivity index (χ1) is 8.58. The predicted molar refractivity (Wildman–Crippen MR) is 63.6 cm³/mol. The fourth-order valence-corrected chi connectivity index (χ4v) is 1.39. The summed E-state index contributed by atoms with van der Waals surface area (Å²) in [5.74, 6) is -1.19. The number of carboxylic acid groups (broad SMARTS) is 1. The van der Waals surface area contributed by atoms with E-state index in [1.165, 1.54) is 13.2 Å². The SMILES string of the molecule is COc1cccc(C(=O)NC(CCO)C(=O)O)c1. The summed E-state index contributed by atoms with van der Waals surface area (Å²) < 4.78 is 4.97. The number of amides is 1. The number of aliphatic hydroxyl groups is 1. The van der Waals surface area contributed by atoms with Crippen molar-refractivity contribution in [3.05, 3.63) is 29.8 Å². The van der Waals surface area contributed by atoms with Crippen molar-refractivity contribution >= 4 is 11.9 Å². The summed E-state index contributed by atoms with van der Waals surface area (Å²) in [6.07, 6.45) is -0.0367. The summed E-state index contributed by atoms with van der Waals surface area (Å²) in [5, 5.41) is 19.9. The molecule has 0 heterocycles. The fourth-order valence-electron chi connectivity index (χ4n) is 1.39.